The zero-order chi connectivity index (χ0) is 33.7. The molecule has 3 atom stereocenters. The van der Waals surface area contributed by atoms with Crippen molar-refractivity contribution in [3.05, 3.63) is 108 Å². The summed E-state index contributed by atoms with van der Waals surface area (Å²) < 4.78 is 32.3. The Kier molecular flexibility index (Phi) is 9.65. The first-order valence-corrected chi connectivity index (χ1v) is 15.6. The Labute approximate surface area is 277 Å². The van der Waals surface area contributed by atoms with E-state index in [4.69, 9.17) is 29.4 Å². The quantitative estimate of drug-likeness (QED) is 0.135. The molecule has 248 valence electrons. The number of carbonyl (C=O) groups excluding carboxylic acids is 2. The maximum Gasteiger partial charge on any atom is 0.306 e. The number of benzene rings is 3. The first-order chi connectivity index (χ1) is 23.3. The van der Waals surface area contributed by atoms with Crippen molar-refractivity contribution in [1.29, 1.82) is 0 Å². The molecule has 0 radical (unpaired) electrons. The Balaban J connectivity index is 1.39. The summed E-state index contributed by atoms with van der Waals surface area (Å²) in [6.07, 6.45) is 1.29. The van der Waals surface area contributed by atoms with Gasteiger partial charge in [-0.2, -0.15) is 0 Å². The number of nitrogens with two attached hydrogens (primary N) is 1. The van der Waals surface area contributed by atoms with Crippen molar-refractivity contribution in [1.82, 2.24) is 19.5 Å². The molecule has 1 fully saturated rings. The van der Waals surface area contributed by atoms with Gasteiger partial charge in [-0.05, 0) is 47.9 Å². The van der Waals surface area contributed by atoms with Crippen molar-refractivity contribution < 1.29 is 33.3 Å². The van der Waals surface area contributed by atoms with Gasteiger partial charge in [-0.15, -0.1) is 0 Å². The largest absolute Gasteiger partial charge is 0.497 e. The van der Waals surface area contributed by atoms with Crippen molar-refractivity contribution in [3.63, 3.8) is 0 Å². The number of ether oxygens (including phenoxy) is 5. The van der Waals surface area contributed by atoms with Gasteiger partial charge < -0.3 is 34.2 Å². The summed E-state index contributed by atoms with van der Waals surface area (Å²) in [5.41, 5.74) is 8.42. The number of Topliss-reactive ketones (excluding diaryl/α,β-unsaturated/α-hetero) is 1. The second-order valence-corrected chi connectivity index (χ2v) is 11.5. The third kappa shape index (κ3) is 6.57. The summed E-state index contributed by atoms with van der Waals surface area (Å²) in [6, 6.07) is 25.3. The number of hydrogen-bond donors (Lipinski definition) is 1. The number of nitrogens with zero attached hydrogens (tertiary/aromatic N) is 4. The van der Waals surface area contributed by atoms with Crippen LogP contribution in [0.25, 0.3) is 11.2 Å². The second-order valence-electron chi connectivity index (χ2n) is 11.5. The van der Waals surface area contributed by atoms with Crippen LogP contribution in [0.15, 0.2) is 91.5 Å². The van der Waals surface area contributed by atoms with Gasteiger partial charge in [0.1, 0.15) is 53.2 Å². The van der Waals surface area contributed by atoms with Gasteiger partial charge in [-0.25, -0.2) is 15.0 Å². The predicted octanol–water partition coefficient (Wildman–Crippen LogP) is 5.00. The number of esters is 1. The fraction of sp³-hybridized carbons (Fsp3) is 0.306. The van der Waals surface area contributed by atoms with Gasteiger partial charge in [0.05, 0.1) is 33.6 Å². The standard InChI is InChI=1S/C36H37N5O7/c1-23(42)9-18-32(43)48-29-19-31(41-22-40-33-34(37)38-21-39-35(33)41)47-30(29)20-46-36(24-7-5-4-6-8-24,25-10-14-27(44-2)15-11-25)26-12-16-28(45-3)17-13-26/h4-8,10-17,21-22,29-31H,9,18-20H2,1-3H3,(H2,37,38,39)/t29-,30+,31+/m0/s1. The summed E-state index contributed by atoms with van der Waals surface area (Å²) in [5.74, 6) is 1.06. The van der Waals surface area contributed by atoms with Gasteiger partial charge in [-0.3, -0.25) is 9.36 Å². The van der Waals surface area contributed by atoms with Gasteiger partial charge in [0, 0.05) is 12.8 Å². The van der Waals surface area contributed by atoms with Crippen LogP contribution in [-0.2, 0) is 29.4 Å². The third-order valence-electron chi connectivity index (χ3n) is 8.48. The maximum atomic E-state index is 12.9. The smallest absolute Gasteiger partial charge is 0.306 e. The number of methoxy groups -OCH3 is 2. The summed E-state index contributed by atoms with van der Waals surface area (Å²) in [7, 11) is 3.24. The summed E-state index contributed by atoms with van der Waals surface area (Å²) >= 11 is 0. The molecule has 0 saturated carbocycles. The van der Waals surface area contributed by atoms with Crippen molar-refractivity contribution in [2.45, 2.75) is 50.2 Å². The molecule has 6 rings (SSSR count). The number of aromatic nitrogens is 4. The van der Waals surface area contributed by atoms with Crippen LogP contribution in [0.1, 0.15) is 49.1 Å². The molecule has 12 heteroatoms. The monoisotopic (exact) mass is 651 g/mol. The molecule has 1 aliphatic heterocycles. The van der Waals surface area contributed by atoms with E-state index in [2.05, 4.69) is 15.0 Å². The molecule has 0 amide bonds. The minimum absolute atomic E-state index is 0.0257. The van der Waals surface area contributed by atoms with Crippen LogP contribution in [0, 0.1) is 0 Å². The number of rotatable bonds is 13. The Bertz CT molecular complexity index is 1810. The van der Waals surface area contributed by atoms with Gasteiger partial charge >= 0.3 is 5.97 Å². The topological polar surface area (TPSA) is 150 Å². The van der Waals surface area contributed by atoms with Gasteiger partial charge in [0.15, 0.2) is 11.5 Å². The highest BCUT2D eigenvalue weighted by Gasteiger charge is 2.44. The van der Waals surface area contributed by atoms with Crippen molar-refractivity contribution in [2.24, 2.45) is 0 Å². The van der Waals surface area contributed by atoms with Crippen LogP contribution in [-0.4, -0.2) is 64.3 Å². The number of ketones is 1. The molecular weight excluding hydrogens is 614 g/mol. The average molecular weight is 652 g/mol. The van der Waals surface area contributed by atoms with Gasteiger partial charge in [0.2, 0.25) is 0 Å². The van der Waals surface area contributed by atoms with Crippen molar-refractivity contribution in [2.75, 3.05) is 26.6 Å². The minimum Gasteiger partial charge on any atom is -0.497 e. The van der Waals surface area contributed by atoms with Crippen LogP contribution in [0.4, 0.5) is 5.82 Å². The SMILES string of the molecule is COc1ccc(C(OC[C@H]2O[C@@H](n3cnc4c(N)ncnc43)C[C@@H]2OC(=O)CCC(C)=O)(c2ccccc2)c2ccc(OC)cc2)cc1. The number of imidazole rings is 1. The summed E-state index contributed by atoms with van der Waals surface area (Å²) in [4.78, 5) is 37.3. The van der Waals surface area contributed by atoms with Crippen LogP contribution in [0.2, 0.25) is 0 Å². The Morgan fingerprint density at radius 1 is 0.875 bits per heavy atom. The zero-order valence-corrected chi connectivity index (χ0v) is 26.9. The number of hydrogen-bond acceptors (Lipinski definition) is 11. The highest BCUT2D eigenvalue weighted by Crippen LogP contribution is 2.43. The van der Waals surface area contributed by atoms with Crippen LogP contribution >= 0.6 is 0 Å². The normalized spacial score (nSPS) is 17.7. The average Bonchev–Trinajstić information content (AvgIpc) is 3.73. The number of nitrogen functional groups attached to an aromatic ring is 1. The molecule has 5 aromatic rings. The number of anilines is 1. The highest BCUT2D eigenvalue weighted by molar-refractivity contribution is 5.81. The van der Waals surface area contributed by atoms with Gasteiger partial charge in [0.25, 0.3) is 0 Å². The van der Waals surface area contributed by atoms with E-state index >= 15 is 0 Å². The van der Waals surface area contributed by atoms with Crippen molar-refractivity contribution in [3.8, 4) is 11.5 Å². The third-order valence-corrected chi connectivity index (χ3v) is 8.48. The Morgan fingerprint density at radius 2 is 1.50 bits per heavy atom. The molecule has 3 aromatic carbocycles. The van der Waals surface area contributed by atoms with Crippen molar-refractivity contribution >= 4 is 28.7 Å². The minimum atomic E-state index is -1.12. The molecule has 1 saturated heterocycles. The molecule has 12 nitrogen and oxygen atoms in total. The van der Waals surface area contributed by atoms with Crippen LogP contribution < -0.4 is 15.2 Å². The Hall–Kier alpha value is -5.33. The van der Waals surface area contributed by atoms with E-state index in [-0.39, 0.29) is 31.0 Å². The molecule has 0 unspecified atom stereocenters. The molecule has 2 aromatic heterocycles. The second kappa shape index (κ2) is 14.2. The maximum absolute atomic E-state index is 12.9. The highest BCUT2D eigenvalue weighted by atomic mass is 16.6. The van der Waals surface area contributed by atoms with E-state index in [0.29, 0.717) is 29.1 Å². The molecule has 0 spiro atoms. The molecular formula is C36H37N5O7. The first kappa shape index (κ1) is 32.6. The van der Waals surface area contributed by atoms with E-state index in [1.165, 1.54) is 13.3 Å². The zero-order valence-electron chi connectivity index (χ0n) is 26.9. The summed E-state index contributed by atoms with van der Waals surface area (Å²) in [6.45, 7) is 1.47. The lowest BCUT2D eigenvalue weighted by atomic mass is 9.80. The van der Waals surface area contributed by atoms with E-state index in [1.807, 2.05) is 78.9 Å². The molecule has 1 aliphatic rings. The van der Waals surface area contributed by atoms with Crippen LogP contribution in [0.5, 0.6) is 11.5 Å². The van der Waals surface area contributed by atoms with Crippen LogP contribution in [0.3, 0.4) is 0 Å². The lowest BCUT2D eigenvalue weighted by molar-refractivity contribution is -0.156. The predicted molar refractivity (Wildman–Crippen MR) is 176 cm³/mol. The first-order valence-electron chi connectivity index (χ1n) is 15.6. The molecule has 3 heterocycles. The molecule has 2 N–H and O–H groups in total. The lowest BCUT2D eigenvalue weighted by Crippen LogP contribution is -2.39. The molecule has 48 heavy (non-hydrogen) atoms. The van der Waals surface area contributed by atoms with E-state index in [9.17, 15) is 9.59 Å². The van der Waals surface area contributed by atoms with Gasteiger partial charge in [-0.1, -0.05) is 54.6 Å². The fourth-order valence-corrected chi connectivity index (χ4v) is 6.01. The summed E-state index contributed by atoms with van der Waals surface area (Å²) in [5, 5.41) is 0. The van der Waals surface area contributed by atoms with E-state index < -0.39 is 30.0 Å². The number of fused-ring (bicyclic) bond motifs is 1. The van der Waals surface area contributed by atoms with E-state index in [1.54, 1.807) is 25.1 Å². The van der Waals surface area contributed by atoms with E-state index in [0.717, 1.165) is 16.7 Å². The lowest BCUT2D eigenvalue weighted by Gasteiger charge is -2.37. The Morgan fingerprint density at radius 3 is 2.10 bits per heavy atom. The fourth-order valence-electron chi connectivity index (χ4n) is 6.01. The molecule has 0 aliphatic carbocycles. The molecule has 0 bridgehead atoms. The number of carbonyl (C=O) groups is 2.